The molecule has 0 radical (unpaired) electrons. The number of anilines is 1. The minimum absolute atomic E-state index is 0.179. The molecule has 1 atom stereocenters. The molecule has 0 spiro atoms. The fourth-order valence-electron chi connectivity index (χ4n) is 9.39. The van der Waals surface area contributed by atoms with Crippen LogP contribution in [0, 0.1) is 5.92 Å². The van der Waals surface area contributed by atoms with Gasteiger partial charge in [-0.25, -0.2) is 19.6 Å². The number of fused-ring (bicyclic) bond motifs is 1. The maximum absolute atomic E-state index is 14.7. The Kier molecular flexibility index (Phi) is 15.5. The first kappa shape index (κ1) is 48.2. The van der Waals surface area contributed by atoms with E-state index in [9.17, 15) is 19.2 Å². The number of hydrogen-bond acceptors (Lipinski definition) is 12. The molecule has 3 aromatic rings. The molecule has 2 aromatic heterocycles. The number of carbonyl (C=O) groups is 4. The predicted molar refractivity (Wildman–Crippen MR) is 251 cm³/mol. The van der Waals surface area contributed by atoms with Crippen molar-refractivity contribution in [2.24, 2.45) is 5.92 Å². The molecule has 0 bridgehead atoms. The molecule has 4 fully saturated rings. The van der Waals surface area contributed by atoms with E-state index in [0.29, 0.717) is 82.6 Å². The van der Waals surface area contributed by atoms with Crippen LogP contribution >= 0.6 is 11.6 Å². The number of amides is 4. The van der Waals surface area contributed by atoms with Crippen LogP contribution < -0.4 is 15.5 Å². The van der Waals surface area contributed by atoms with Gasteiger partial charge >= 0.3 is 12.2 Å². The summed E-state index contributed by atoms with van der Waals surface area (Å²) in [5, 5.41) is 7.85. The molecule has 65 heavy (non-hydrogen) atoms. The number of benzene rings is 1. The van der Waals surface area contributed by atoms with Crippen LogP contribution in [0.1, 0.15) is 85.3 Å². The molecule has 6 heterocycles. The van der Waals surface area contributed by atoms with Gasteiger partial charge in [0.25, 0.3) is 0 Å². The number of nitrogens with zero attached hydrogens (tertiary/aromatic N) is 8. The van der Waals surface area contributed by atoms with E-state index in [4.69, 9.17) is 21.1 Å². The Balaban J connectivity index is 0.891. The number of hydrogen-bond donors (Lipinski definition) is 3. The second kappa shape index (κ2) is 20.9. The third-order valence-electron chi connectivity index (χ3n) is 13.1. The van der Waals surface area contributed by atoms with Gasteiger partial charge in [0.05, 0.1) is 18.0 Å². The molecule has 0 saturated carbocycles. The summed E-state index contributed by atoms with van der Waals surface area (Å²) in [5.74, 6) is 1.28. The van der Waals surface area contributed by atoms with Crippen molar-refractivity contribution >= 4 is 52.5 Å². The van der Waals surface area contributed by atoms with E-state index >= 15 is 0 Å². The predicted octanol–water partition coefficient (Wildman–Crippen LogP) is 5.13. The Bertz CT molecular complexity index is 2070. The average Bonchev–Trinajstić information content (AvgIpc) is 3.75. The largest absolute Gasteiger partial charge is 0.444 e. The van der Waals surface area contributed by atoms with Gasteiger partial charge in [0, 0.05) is 89.8 Å². The minimum Gasteiger partial charge on any atom is -0.444 e. The van der Waals surface area contributed by atoms with Gasteiger partial charge in [0.1, 0.15) is 34.5 Å². The molecule has 17 nitrogen and oxygen atoms in total. The fraction of sp³-hybridized carbons (Fsp3) is 0.660. The van der Waals surface area contributed by atoms with Crippen LogP contribution in [0.15, 0.2) is 42.9 Å². The van der Waals surface area contributed by atoms with Gasteiger partial charge in [-0.2, -0.15) is 0 Å². The molecular formula is C47H70ClN11O6. The number of rotatable bonds is 12. The highest BCUT2D eigenvalue weighted by molar-refractivity contribution is 6.30. The molecule has 0 unspecified atom stereocenters. The van der Waals surface area contributed by atoms with Crippen molar-refractivity contribution in [3.63, 3.8) is 0 Å². The Morgan fingerprint density at radius 1 is 0.785 bits per heavy atom. The standard InChI is InChI=1S/C47H70ClN11O6/c1-45(2,3)64-43(62)53-47(15-21-58(22-16-47)41-37-11-17-49-40(37)50-33-51-41)42(61)52-38(35-7-9-36(48)10-8-35)14-20-54-23-27-57(28-24-54)39(60)32-55-18-12-34(13-19-55)31-56-25-29-59(30-26-56)44(63)65-46(4,5)6/h7-11,17,33-34,38H,12-16,18-32H2,1-6H3,(H,52,61)(H,53,62)(H,49,50,51)/t38-/m0/s1. The number of nitrogens with one attached hydrogen (secondary N) is 3. The Labute approximate surface area is 388 Å². The third kappa shape index (κ3) is 13.2. The maximum Gasteiger partial charge on any atom is 0.410 e. The summed E-state index contributed by atoms with van der Waals surface area (Å²) >= 11 is 6.31. The average molecular weight is 921 g/mol. The lowest BCUT2D eigenvalue weighted by Gasteiger charge is -2.42. The highest BCUT2D eigenvalue weighted by atomic mass is 35.5. The first-order chi connectivity index (χ1) is 30.9. The quantitative estimate of drug-likeness (QED) is 0.219. The summed E-state index contributed by atoms with van der Waals surface area (Å²) in [6, 6.07) is 9.12. The van der Waals surface area contributed by atoms with E-state index < -0.39 is 22.8 Å². The number of carbonyl (C=O) groups excluding carboxylic acids is 4. The van der Waals surface area contributed by atoms with Gasteiger partial charge in [-0.1, -0.05) is 23.7 Å². The van der Waals surface area contributed by atoms with E-state index in [0.717, 1.165) is 81.1 Å². The van der Waals surface area contributed by atoms with Crippen molar-refractivity contribution in [3.8, 4) is 0 Å². The molecule has 4 aliphatic heterocycles. The van der Waals surface area contributed by atoms with Crippen LogP contribution in [0.25, 0.3) is 11.0 Å². The Hall–Kier alpha value is -4.71. The van der Waals surface area contributed by atoms with E-state index in [1.54, 1.807) is 20.8 Å². The molecule has 7 rings (SSSR count). The number of aromatic amines is 1. The molecule has 4 saturated heterocycles. The summed E-state index contributed by atoms with van der Waals surface area (Å²) in [5.41, 5.74) is -0.801. The second-order valence-electron chi connectivity index (χ2n) is 20.2. The van der Waals surface area contributed by atoms with E-state index in [1.807, 2.05) is 67.1 Å². The van der Waals surface area contributed by atoms with Gasteiger partial charge in [-0.15, -0.1) is 0 Å². The summed E-state index contributed by atoms with van der Waals surface area (Å²) < 4.78 is 11.2. The van der Waals surface area contributed by atoms with Crippen LogP contribution in [-0.2, 0) is 19.1 Å². The van der Waals surface area contributed by atoms with Crippen molar-refractivity contribution in [2.75, 3.05) is 103 Å². The smallest absolute Gasteiger partial charge is 0.410 e. The van der Waals surface area contributed by atoms with Crippen molar-refractivity contribution in [1.82, 2.24) is 50.1 Å². The minimum atomic E-state index is -1.23. The van der Waals surface area contributed by atoms with Crippen molar-refractivity contribution in [2.45, 2.75) is 96.4 Å². The molecule has 4 aliphatic rings. The number of likely N-dealkylation sites (tertiary alicyclic amines) is 1. The van der Waals surface area contributed by atoms with E-state index in [-0.39, 0.29) is 23.9 Å². The van der Waals surface area contributed by atoms with Crippen molar-refractivity contribution in [3.05, 3.63) is 53.4 Å². The molecule has 18 heteroatoms. The first-order valence-corrected chi connectivity index (χ1v) is 23.8. The van der Waals surface area contributed by atoms with E-state index in [2.05, 4.69) is 45.2 Å². The number of alkyl carbamates (subject to hydrolysis) is 1. The maximum atomic E-state index is 14.7. The summed E-state index contributed by atoms with van der Waals surface area (Å²) in [4.78, 5) is 79.1. The van der Waals surface area contributed by atoms with Gasteiger partial charge in [-0.05, 0) is 116 Å². The third-order valence-corrected chi connectivity index (χ3v) is 13.3. The lowest BCUT2D eigenvalue weighted by molar-refractivity contribution is -0.134. The van der Waals surface area contributed by atoms with E-state index in [1.165, 1.54) is 6.33 Å². The Morgan fingerprint density at radius 3 is 2.06 bits per heavy atom. The zero-order valence-electron chi connectivity index (χ0n) is 39.2. The van der Waals surface area contributed by atoms with Crippen molar-refractivity contribution in [1.29, 1.82) is 0 Å². The highest BCUT2D eigenvalue weighted by Crippen LogP contribution is 2.31. The number of H-pyrrole nitrogens is 1. The zero-order chi connectivity index (χ0) is 46.4. The molecule has 0 aliphatic carbocycles. The van der Waals surface area contributed by atoms with Gasteiger partial charge < -0.3 is 39.8 Å². The van der Waals surface area contributed by atoms with Crippen LogP contribution in [0.3, 0.4) is 0 Å². The first-order valence-electron chi connectivity index (χ1n) is 23.5. The molecule has 1 aromatic carbocycles. The summed E-state index contributed by atoms with van der Waals surface area (Å²) in [6.45, 7) is 22.0. The van der Waals surface area contributed by atoms with Crippen LogP contribution in [-0.4, -0.2) is 178 Å². The lowest BCUT2D eigenvalue weighted by atomic mass is 9.85. The molecular weight excluding hydrogens is 850 g/mol. The number of piperazine rings is 2. The van der Waals surface area contributed by atoms with Crippen LogP contribution in [0.2, 0.25) is 5.02 Å². The zero-order valence-corrected chi connectivity index (χ0v) is 40.0. The summed E-state index contributed by atoms with van der Waals surface area (Å²) in [6.07, 6.45) is 5.93. The topological polar surface area (TPSA) is 172 Å². The highest BCUT2D eigenvalue weighted by Gasteiger charge is 2.45. The van der Waals surface area contributed by atoms with Gasteiger partial charge in [0.15, 0.2) is 0 Å². The number of ether oxygens (including phenoxy) is 2. The second-order valence-corrected chi connectivity index (χ2v) is 20.6. The molecule has 3 N–H and O–H groups in total. The van der Waals surface area contributed by atoms with Crippen LogP contribution in [0.5, 0.6) is 0 Å². The lowest BCUT2D eigenvalue weighted by Crippen LogP contribution is -2.64. The number of piperidine rings is 2. The fourth-order valence-corrected chi connectivity index (χ4v) is 9.51. The normalized spacial score (nSPS) is 20.1. The van der Waals surface area contributed by atoms with Crippen LogP contribution in [0.4, 0.5) is 15.4 Å². The van der Waals surface area contributed by atoms with Gasteiger partial charge in [-0.3, -0.25) is 24.3 Å². The van der Waals surface area contributed by atoms with Gasteiger partial charge in [0.2, 0.25) is 11.8 Å². The molecule has 356 valence electrons. The van der Waals surface area contributed by atoms with Crippen molar-refractivity contribution < 1.29 is 28.7 Å². The molecule has 4 amide bonds. The SMILES string of the molecule is CC(C)(C)OC(=O)NC1(C(=O)N[C@@H](CCN2CCN(C(=O)CN3CCC(CN4CCN(C(=O)OC(C)(C)C)CC4)CC3)CC2)c2ccc(Cl)cc2)CCN(c2ncnc3[nH]ccc23)CC1. The Morgan fingerprint density at radius 2 is 1.42 bits per heavy atom. The number of aromatic nitrogens is 3. The number of halogens is 1. The monoisotopic (exact) mass is 920 g/mol. The summed E-state index contributed by atoms with van der Waals surface area (Å²) in [7, 11) is 0.